The summed E-state index contributed by atoms with van der Waals surface area (Å²) in [6.45, 7) is 8.56. The highest BCUT2D eigenvalue weighted by Crippen LogP contribution is 2.41. The van der Waals surface area contributed by atoms with E-state index in [9.17, 15) is 4.79 Å². The van der Waals surface area contributed by atoms with Gasteiger partial charge in [0.25, 0.3) is 0 Å². The fourth-order valence-electron chi connectivity index (χ4n) is 3.19. The molecule has 0 aliphatic carbocycles. The van der Waals surface area contributed by atoms with Crippen LogP contribution >= 0.6 is 0 Å². The first-order valence-electron chi connectivity index (χ1n) is 7.63. The van der Waals surface area contributed by atoms with Gasteiger partial charge in [0.15, 0.2) is 0 Å². The van der Waals surface area contributed by atoms with Crippen molar-refractivity contribution in [1.29, 1.82) is 0 Å². The zero-order valence-corrected chi connectivity index (χ0v) is 13.0. The molecule has 5 nitrogen and oxygen atoms in total. The van der Waals surface area contributed by atoms with E-state index >= 15 is 0 Å². The summed E-state index contributed by atoms with van der Waals surface area (Å²) in [5.74, 6) is 0. The number of carbonyl (C=O) groups excluding carboxylic acids is 1. The van der Waals surface area contributed by atoms with Crippen molar-refractivity contribution in [2.75, 3.05) is 26.3 Å². The molecule has 0 bridgehead atoms. The van der Waals surface area contributed by atoms with E-state index in [-0.39, 0.29) is 17.6 Å². The molecule has 2 N–H and O–H groups in total. The minimum absolute atomic E-state index is 0.110. The van der Waals surface area contributed by atoms with Crippen molar-refractivity contribution in [3.8, 4) is 0 Å². The second-order valence-electron chi connectivity index (χ2n) is 7.15. The number of amides is 1. The lowest BCUT2D eigenvalue weighted by Gasteiger charge is -2.48. The predicted octanol–water partition coefficient (Wildman–Crippen LogP) is 2.14. The Bertz CT molecular complexity index is 346. The molecule has 5 heteroatoms. The number of nitrogens with zero attached hydrogens (tertiary/aromatic N) is 1. The first-order valence-corrected chi connectivity index (χ1v) is 7.63. The molecule has 2 fully saturated rings. The van der Waals surface area contributed by atoms with Crippen molar-refractivity contribution in [3.63, 3.8) is 0 Å². The van der Waals surface area contributed by atoms with Crippen molar-refractivity contribution in [1.82, 2.24) is 4.90 Å². The third-order valence-electron chi connectivity index (χ3n) is 4.41. The normalized spacial score (nSPS) is 26.6. The maximum absolute atomic E-state index is 12.4. The molecule has 0 saturated carbocycles. The number of hydrogen-bond donors (Lipinski definition) is 1. The molecule has 1 amide bonds. The first kappa shape index (κ1) is 15.6. The average Bonchev–Trinajstić information content (AvgIpc) is 2.38. The molecule has 0 aromatic carbocycles. The highest BCUT2D eigenvalue weighted by molar-refractivity contribution is 5.69. The second-order valence-corrected chi connectivity index (χ2v) is 7.15. The Labute approximate surface area is 121 Å². The van der Waals surface area contributed by atoms with Crippen LogP contribution in [-0.2, 0) is 9.47 Å². The van der Waals surface area contributed by atoms with Gasteiger partial charge < -0.3 is 20.1 Å². The van der Waals surface area contributed by atoms with E-state index in [1.807, 2.05) is 25.7 Å². The minimum Gasteiger partial charge on any atom is -0.444 e. The maximum Gasteiger partial charge on any atom is 0.410 e. The van der Waals surface area contributed by atoms with E-state index in [2.05, 4.69) is 0 Å². The van der Waals surface area contributed by atoms with Crippen LogP contribution in [0.15, 0.2) is 0 Å². The van der Waals surface area contributed by atoms with E-state index in [1.165, 1.54) is 0 Å². The topological polar surface area (TPSA) is 64.8 Å². The van der Waals surface area contributed by atoms with Gasteiger partial charge >= 0.3 is 6.09 Å². The number of ether oxygens (including phenoxy) is 2. The Morgan fingerprint density at radius 3 is 2.55 bits per heavy atom. The van der Waals surface area contributed by atoms with E-state index in [4.69, 9.17) is 15.2 Å². The highest BCUT2D eigenvalue weighted by atomic mass is 16.6. The zero-order chi connectivity index (χ0) is 14.8. The first-order chi connectivity index (χ1) is 9.35. The van der Waals surface area contributed by atoms with Gasteiger partial charge in [-0.3, -0.25) is 0 Å². The Balaban J connectivity index is 2.08. The Morgan fingerprint density at radius 2 is 2.00 bits per heavy atom. The minimum atomic E-state index is -0.462. The molecular formula is C15H28N2O3. The molecule has 0 unspecified atom stereocenters. The van der Waals surface area contributed by atoms with E-state index in [1.54, 1.807) is 0 Å². The number of hydrogen-bond acceptors (Lipinski definition) is 4. The number of likely N-dealkylation sites (tertiary alicyclic amines) is 1. The number of nitrogens with two attached hydrogens (primary N) is 1. The largest absolute Gasteiger partial charge is 0.444 e. The Kier molecular flexibility index (Phi) is 4.59. The maximum atomic E-state index is 12.4. The summed E-state index contributed by atoms with van der Waals surface area (Å²) < 4.78 is 11.0. The smallest absolute Gasteiger partial charge is 0.410 e. The van der Waals surface area contributed by atoms with Crippen molar-refractivity contribution < 1.29 is 14.3 Å². The summed E-state index contributed by atoms with van der Waals surface area (Å²) >= 11 is 0. The van der Waals surface area contributed by atoms with Crippen LogP contribution in [-0.4, -0.2) is 48.9 Å². The van der Waals surface area contributed by atoms with Gasteiger partial charge in [-0.1, -0.05) is 0 Å². The lowest BCUT2D eigenvalue weighted by molar-refractivity contribution is -0.0516. The fourth-order valence-corrected chi connectivity index (χ4v) is 3.19. The molecule has 116 valence electrons. The summed E-state index contributed by atoms with van der Waals surface area (Å²) in [7, 11) is 0. The van der Waals surface area contributed by atoms with E-state index in [0.29, 0.717) is 6.54 Å². The third kappa shape index (κ3) is 3.64. The molecule has 2 aliphatic rings. The van der Waals surface area contributed by atoms with E-state index < -0.39 is 5.60 Å². The van der Waals surface area contributed by atoms with Gasteiger partial charge in [-0.2, -0.15) is 0 Å². The fraction of sp³-hybridized carbons (Fsp3) is 0.933. The lowest BCUT2D eigenvalue weighted by Crippen LogP contribution is -2.56. The summed E-state index contributed by atoms with van der Waals surface area (Å²) in [4.78, 5) is 14.3. The van der Waals surface area contributed by atoms with Crippen LogP contribution in [0.3, 0.4) is 0 Å². The molecule has 1 spiro atoms. The van der Waals surface area contributed by atoms with Gasteiger partial charge in [0, 0.05) is 32.3 Å². The standard InChI is InChI=1S/C15H28N2O3/c1-14(2,3)20-13(18)17-11-15(5-4-12(17)10-16)6-8-19-9-7-15/h12H,4-11,16H2,1-3H3/t12-/m1/s1. The molecular weight excluding hydrogens is 256 g/mol. The molecule has 0 aromatic rings. The Hall–Kier alpha value is -0.810. The van der Waals surface area contributed by atoms with Gasteiger partial charge in [-0.25, -0.2) is 4.79 Å². The molecule has 1 atom stereocenters. The molecule has 0 aromatic heterocycles. The second kappa shape index (κ2) is 5.90. The van der Waals surface area contributed by atoms with Crippen LogP contribution in [0.2, 0.25) is 0 Å². The van der Waals surface area contributed by atoms with E-state index in [0.717, 1.165) is 45.4 Å². The zero-order valence-electron chi connectivity index (χ0n) is 13.0. The van der Waals surface area contributed by atoms with Crippen LogP contribution < -0.4 is 5.73 Å². The predicted molar refractivity (Wildman–Crippen MR) is 77.5 cm³/mol. The molecule has 2 saturated heterocycles. The quantitative estimate of drug-likeness (QED) is 0.801. The van der Waals surface area contributed by atoms with Gasteiger partial charge in [-0.05, 0) is 51.9 Å². The monoisotopic (exact) mass is 284 g/mol. The van der Waals surface area contributed by atoms with Crippen LogP contribution in [0.25, 0.3) is 0 Å². The summed E-state index contributed by atoms with van der Waals surface area (Å²) in [6, 6.07) is 0.110. The molecule has 0 radical (unpaired) electrons. The van der Waals surface area contributed by atoms with Crippen molar-refractivity contribution in [3.05, 3.63) is 0 Å². The molecule has 20 heavy (non-hydrogen) atoms. The number of piperidine rings is 1. The van der Waals surface area contributed by atoms with Gasteiger partial charge in [0.05, 0.1) is 0 Å². The molecule has 2 aliphatic heterocycles. The van der Waals surface area contributed by atoms with Crippen molar-refractivity contribution >= 4 is 6.09 Å². The number of rotatable bonds is 1. The van der Waals surface area contributed by atoms with Gasteiger partial charge in [-0.15, -0.1) is 0 Å². The third-order valence-corrected chi connectivity index (χ3v) is 4.41. The van der Waals surface area contributed by atoms with Gasteiger partial charge in [0.2, 0.25) is 0 Å². The number of carbonyl (C=O) groups is 1. The summed E-state index contributed by atoms with van der Waals surface area (Å²) in [5.41, 5.74) is 5.59. The van der Waals surface area contributed by atoms with Crippen LogP contribution in [0, 0.1) is 5.41 Å². The summed E-state index contributed by atoms with van der Waals surface area (Å²) in [5, 5.41) is 0. The van der Waals surface area contributed by atoms with Crippen LogP contribution in [0.4, 0.5) is 4.79 Å². The van der Waals surface area contributed by atoms with Crippen molar-refractivity contribution in [2.45, 2.75) is 58.1 Å². The highest BCUT2D eigenvalue weighted by Gasteiger charge is 2.43. The lowest BCUT2D eigenvalue weighted by atomic mass is 9.72. The SMILES string of the molecule is CC(C)(C)OC(=O)N1CC2(CCOCC2)CC[C@@H]1CN. The average molecular weight is 284 g/mol. The molecule has 2 rings (SSSR count). The molecule has 2 heterocycles. The summed E-state index contributed by atoms with van der Waals surface area (Å²) in [6.07, 6.45) is 3.94. The van der Waals surface area contributed by atoms with Crippen LogP contribution in [0.5, 0.6) is 0 Å². The van der Waals surface area contributed by atoms with Crippen LogP contribution in [0.1, 0.15) is 46.5 Å². The Morgan fingerprint density at radius 1 is 1.35 bits per heavy atom. The van der Waals surface area contributed by atoms with Crippen molar-refractivity contribution in [2.24, 2.45) is 11.1 Å². The van der Waals surface area contributed by atoms with Gasteiger partial charge in [0.1, 0.15) is 5.60 Å².